The standard InChI is InChI=1S/2C18H17.2CH3.2ClH.Ge.Zr/c2*1-13(2)16-11-15-9-6-10-17(18(15)12-16)14-7-4-3-5-8-14;;;;;;/h2*3-13H,1-2H3;2*1H3;2*1H;;/q4*-1;;;;. The molecule has 0 aromatic heterocycles. The van der Waals surface area contributed by atoms with Crippen LogP contribution in [0.1, 0.15) is 50.7 Å². The molecule has 0 fully saturated rings. The summed E-state index contributed by atoms with van der Waals surface area (Å²) in [4.78, 5) is 0. The first-order valence-corrected chi connectivity index (χ1v) is 20.7. The van der Waals surface area contributed by atoms with E-state index in [1.807, 2.05) is 0 Å². The van der Waals surface area contributed by atoms with Gasteiger partial charge in [0.2, 0.25) is 0 Å². The number of hydrogen-bond donors (Lipinski definition) is 0. The van der Waals surface area contributed by atoms with Gasteiger partial charge in [-0.3, -0.25) is 0 Å². The van der Waals surface area contributed by atoms with Crippen molar-refractivity contribution in [2.24, 2.45) is 0 Å². The van der Waals surface area contributed by atoms with Gasteiger partial charge in [-0.15, -0.1) is 93.9 Å². The van der Waals surface area contributed by atoms with Crippen molar-refractivity contribution < 1.29 is 21.6 Å². The van der Waals surface area contributed by atoms with Gasteiger partial charge in [0.05, 0.1) is 0 Å². The number of hydrogen-bond acceptors (Lipinski definition) is 0. The number of fused-ring (bicyclic) bond motifs is 2. The third-order valence-corrected chi connectivity index (χ3v) is 7.05. The van der Waals surface area contributed by atoms with Crippen molar-refractivity contribution in [1.29, 1.82) is 0 Å². The minimum atomic E-state index is 0. The Labute approximate surface area is 286 Å². The van der Waals surface area contributed by atoms with Crippen LogP contribution in [0.15, 0.2) is 121 Å². The molecular formula is C38H42Cl2GeZr-4. The van der Waals surface area contributed by atoms with E-state index < -0.39 is 0 Å². The molecule has 0 aliphatic rings. The molecule has 0 N–H and O–H groups in total. The Morgan fingerprint density at radius 3 is 1.14 bits per heavy atom. The molecule has 0 unspecified atom stereocenters. The minimum absolute atomic E-state index is 0. The van der Waals surface area contributed by atoms with Crippen LogP contribution in [0, 0.1) is 14.9 Å². The van der Waals surface area contributed by atoms with Gasteiger partial charge in [0.1, 0.15) is 0 Å². The van der Waals surface area contributed by atoms with Gasteiger partial charge in [-0.25, -0.2) is 0 Å². The summed E-state index contributed by atoms with van der Waals surface area (Å²) in [5.74, 6) is 1.17. The average Bonchev–Trinajstić information content (AvgIpc) is 3.61. The fourth-order valence-corrected chi connectivity index (χ4v) is 4.92. The van der Waals surface area contributed by atoms with Crippen molar-refractivity contribution in [3.05, 3.63) is 147 Å². The predicted molar refractivity (Wildman–Crippen MR) is 191 cm³/mol. The predicted octanol–water partition coefficient (Wildman–Crippen LogP) is 12.1. The fourth-order valence-electron chi connectivity index (χ4n) is 4.92. The van der Waals surface area contributed by atoms with Crippen LogP contribution < -0.4 is 0 Å². The summed E-state index contributed by atoms with van der Waals surface area (Å²) in [5.41, 5.74) is 8.11. The van der Waals surface area contributed by atoms with E-state index in [-0.39, 0.29) is 39.7 Å². The van der Waals surface area contributed by atoms with E-state index in [4.69, 9.17) is 0 Å². The fraction of sp³-hybridized carbons (Fsp3) is 0.158. The maximum absolute atomic E-state index is 2.34. The van der Waals surface area contributed by atoms with Gasteiger partial charge in [-0.2, -0.15) is 12.1 Å². The van der Waals surface area contributed by atoms with Crippen molar-refractivity contribution in [2.45, 2.75) is 39.5 Å². The zero-order chi connectivity index (χ0) is 27.1. The van der Waals surface area contributed by atoms with Crippen molar-refractivity contribution in [1.82, 2.24) is 0 Å². The number of halogens is 2. The quantitative estimate of drug-likeness (QED) is 0.125. The molecule has 0 saturated heterocycles. The molecule has 0 heterocycles. The summed E-state index contributed by atoms with van der Waals surface area (Å²) >= 11 is 3.64. The second-order valence-corrected chi connectivity index (χ2v) is 10.2. The zero-order valence-corrected chi connectivity index (χ0v) is 31.7. The molecule has 0 amide bonds. The summed E-state index contributed by atoms with van der Waals surface area (Å²) in [7, 11) is 0. The Hall–Kier alpha value is -1.89. The van der Waals surface area contributed by atoms with Crippen molar-refractivity contribution in [3.63, 3.8) is 0 Å². The Morgan fingerprint density at radius 1 is 0.500 bits per heavy atom. The number of benzene rings is 4. The van der Waals surface area contributed by atoms with Crippen molar-refractivity contribution >= 4 is 58.5 Å². The summed E-state index contributed by atoms with van der Waals surface area (Å²) in [5, 5.41) is 5.43. The number of rotatable bonds is 4. The van der Waals surface area contributed by atoms with Gasteiger partial charge in [-0.05, 0) is 23.0 Å². The molecule has 0 atom stereocenters. The molecule has 0 aliphatic heterocycles. The van der Waals surface area contributed by atoms with E-state index >= 15 is 0 Å². The third-order valence-electron chi connectivity index (χ3n) is 7.05. The van der Waals surface area contributed by atoms with E-state index in [2.05, 4.69) is 161 Å². The molecule has 6 rings (SSSR count). The summed E-state index contributed by atoms with van der Waals surface area (Å²) < 4.78 is 0. The normalized spacial score (nSPS) is 9.74. The zero-order valence-electron chi connectivity index (χ0n) is 25.5. The van der Waals surface area contributed by atoms with Crippen molar-refractivity contribution in [3.8, 4) is 22.3 Å². The van der Waals surface area contributed by atoms with Crippen LogP contribution in [0.2, 0.25) is 0 Å². The Balaban J connectivity index is 0.000000694. The third kappa shape index (κ3) is 9.55. The van der Waals surface area contributed by atoms with Gasteiger partial charge >= 0.3 is 33.7 Å². The van der Waals surface area contributed by atoms with E-state index in [9.17, 15) is 0 Å². The molecule has 0 bridgehead atoms. The molecule has 0 spiro atoms. The van der Waals surface area contributed by atoms with Gasteiger partial charge in [0.25, 0.3) is 0 Å². The van der Waals surface area contributed by atoms with E-state index in [1.54, 1.807) is 21.6 Å². The maximum atomic E-state index is 2.34. The molecule has 6 aromatic rings. The van der Waals surface area contributed by atoms with E-state index in [1.165, 1.54) is 54.9 Å². The summed E-state index contributed by atoms with van der Waals surface area (Å²) in [6.07, 6.45) is 0. The van der Waals surface area contributed by atoms with Crippen LogP contribution in [0.5, 0.6) is 0 Å². The second-order valence-electron chi connectivity index (χ2n) is 10.2. The molecule has 6 aromatic carbocycles. The molecule has 4 heteroatoms. The molecule has 220 valence electrons. The Morgan fingerprint density at radius 2 is 0.833 bits per heavy atom. The van der Waals surface area contributed by atoms with Gasteiger partial charge in [-0.1, -0.05) is 112 Å². The van der Waals surface area contributed by atoms with Crippen LogP contribution >= 0.6 is 24.8 Å². The molecule has 0 nitrogen and oxygen atoms in total. The molecular weight excluding hydrogens is 691 g/mol. The first kappa shape index (κ1) is 40.1. The van der Waals surface area contributed by atoms with Crippen LogP contribution in [0.25, 0.3) is 43.8 Å². The van der Waals surface area contributed by atoms with Gasteiger partial charge in [0, 0.05) is 0 Å². The van der Waals surface area contributed by atoms with Gasteiger partial charge in [0.15, 0.2) is 0 Å². The first-order valence-electron chi connectivity index (χ1n) is 13.3. The summed E-state index contributed by atoms with van der Waals surface area (Å²) in [6.45, 7) is 8.99. The van der Waals surface area contributed by atoms with Crippen molar-refractivity contribution in [2.75, 3.05) is 0 Å². The Bertz CT molecular complexity index is 1480. The molecule has 0 aliphatic carbocycles. The van der Waals surface area contributed by atoms with E-state index in [0.717, 1.165) is 0 Å². The molecule has 0 saturated carbocycles. The van der Waals surface area contributed by atoms with E-state index in [0.29, 0.717) is 11.8 Å². The van der Waals surface area contributed by atoms with Crippen LogP contribution in [0.4, 0.5) is 0 Å². The van der Waals surface area contributed by atoms with Gasteiger partial charge < -0.3 is 14.9 Å². The topological polar surface area (TPSA) is 0 Å². The Kier molecular flexibility index (Phi) is 18.5. The summed E-state index contributed by atoms with van der Waals surface area (Å²) in [6, 6.07) is 43.6. The average molecular weight is 733 g/mol. The monoisotopic (exact) mass is 732 g/mol. The van der Waals surface area contributed by atoms with Crippen LogP contribution in [0.3, 0.4) is 0 Å². The molecule has 42 heavy (non-hydrogen) atoms. The van der Waals surface area contributed by atoms with Crippen LogP contribution in [-0.4, -0.2) is 12.1 Å². The van der Waals surface area contributed by atoms with Crippen LogP contribution in [-0.2, 0) is 21.6 Å². The molecule has 2 radical (unpaired) electrons. The SMILES string of the molecule is CC(C)c1cc2c(-c3ccccc3)cccc2[cH-]1.CC(C)c1cc2c(-c3ccccc3)cccc2[cH-]1.Cl.Cl.[CH3-].[CH3-].[Ge]=[Zr]. The first-order chi connectivity index (χ1) is 18.5. The second kappa shape index (κ2) is 19.4.